The van der Waals surface area contributed by atoms with Gasteiger partial charge < -0.3 is 5.32 Å². The molecule has 1 aromatic rings. The average Bonchev–Trinajstić information content (AvgIpc) is 2.07. The lowest BCUT2D eigenvalue weighted by atomic mass is 10.3. The Bertz CT molecular complexity index is 186. The van der Waals surface area contributed by atoms with Crippen LogP contribution in [0.15, 0.2) is 12.3 Å². The number of anilines is 1. The van der Waals surface area contributed by atoms with Crippen LogP contribution in [0.3, 0.4) is 0 Å². The van der Waals surface area contributed by atoms with Crippen LogP contribution in [0.1, 0.15) is 19.8 Å². The van der Waals surface area contributed by atoms with E-state index in [4.69, 9.17) is 0 Å². The average molecular weight is 150 g/mol. The van der Waals surface area contributed by atoms with Crippen LogP contribution >= 0.6 is 0 Å². The van der Waals surface area contributed by atoms with Crippen LogP contribution in [0.25, 0.3) is 0 Å². The Hall–Kier alpha value is -1.12. The maximum atomic E-state index is 3.63. The van der Waals surface area contributed by atoms with E-state index in [1.165, 1.54) is 12.8 Å². The zero-order valence-corrected chi connectivity index (χ0v) is 6.67. The van der Waals surface area contributed by atoms with Gasteiger partial charge in [-0.15, -0.1) is 5.10 Å². The molecule has 0 fully saturated rings. The van der Waals surface area contributed by atoms with Crippen LogP contribution in [0.2, 0.25) is 0 Å². The highest BCUT2D eigenvalue weighted by Gasteiger charge is 1.88. The second kappa shape index (κ2) is 4.66. The molecule has 0 aliphatic heterocycles. The van der Waals surface area contributed by atoms with Gasteiger partial charge in [0.25, 0.3) is 0 Å². The summed E-state index contributed by atoms with van der Waals surface area (Å²) in [6.45, 7) is 3.15. The number of aromatic nitrogens is 2. The Labute approximate surface area is 66.8 Å². The van der Waals surface area contributed by atoms with Gasteiger partial charge in [0.2, 0.25) is 0 Å². The van der Waals surface area contributed by atoms with E-state index in [1.807, 2.05) is 6.07 Å². The maximum absolute atomic E-state index is 3.63. The third kappa shape index (κ3) is 2.98. The quantitative estimate of drug-likeness (QED) is 0.661. The fourth-order valence-electron chi connectivity index (χ4n) is 0.759. The number of rotatable bonds is 4. The third-order valence-electron chi connectivity index (χ3n) is 1.38. The molecule has 0 aliphatic rings. The molecule has 0 bridgehead atoms. The molecule has 0 unspecified atom stereocenters. The Kier molecular flexibility index (Phi) is 3.38. The summed E-state index contributed by atoms with van der Waals surface area (Å²) in [7, 11) is 0. The van der Waals surface area contributed by atoms with Crippen molar-refractivity contribution >= 4 is 5.69 Å². The zero-order valence-electron chi connectivity index (χ0n) is 6.67. The normalized spacial score (nSPS) is 9.55. The SMILES string of the molecule is CCCCNc1[c]nncc1. The molecule has 3 nitrogen and oxygen atoms in total. The van der Waals surface area contributed by atoms with Gasteiger partial charge in [-0.05, 0) is 12.5 Å². The Morgan fingerprint density at radius 1 is 1.64 bits per heavy atom. The molecule has 59 valence electrons. The van der Waals surface area contributed by atoms with Crippen molar-refractivity contribution in [3.63, 3.8) is 0 Å². The summed E-state index contributed by atoms with van der Waals surface area (Å²) in [6, 6.07) is 1.86. The Morgan fingerprint density at radius 3 is 3.18 bits per heavy atom. The smallest absolute Gasteiger partial charge is 0.138 e. The van der Waals surface area contributed by atoms with Crippen molar-refractivity contribution in [2.24, 2.45) is 0 Å². The van der Waals surface area contributed by atoms with E-state index in [9.17, 15) is 0 Å². The standard InChI is InChI=1S/C8H12N3/c1-2-3-5-9-8-4-6-10-11-7-8/h4,6H,2-3,5H2,1H3,(H,9,10). The summed E-state index contributed by atoms with van der Waals surface area (Å²) >= 11 is 0. The van der Waals surface area contributed by atoms with E-state index in [-0.39, 0.29) is 0 Å². The summed E-state index contributed by atoms with van der Waals surface area (Å²) in [5.74, 6) is 0. The molecule has 0 aliphatic carbocycles. The highest BCUT2D eigenvalue weighted by Crippen LogP contribution is 2.00. The van der Waals surface area contributed by atoms with E-state index < -0.39 is 0 Å². The lowest BCUT2D eigenvalue weighted by molar-refractivity contribution is 0.832. The second-order valence-electron chi connectivity index (χ2n) is 2.34. The minimum absolute atomic E-state index is 0.924. The predicted octanol–water partition coefficient (Wildman–Crippen LogP) is 1.49. The molecule has 0 saturated heterocycles. The van der Waals surface area contributed by atoms with Crippen molar-refractivity contribution in [1.82, 2.24) is 10.2 Å². The van der Waals surface area contributed by atoms with E-state index in [1.54, 1.807) is 6.20 Å². The molecule has 1 N–H and O–H groups in total. The molecule has 11 heavy (non-hydrogen) atoms. The first kappa shape index (κ1) is 7.98. The molecule has 0 atom stereocenters. The number of unbranched alkanes of at least 4 members (excludes halogenated alkanes) is 1. The highest BCUT2D eigenvalue weighted by molar-refractivity contribution is 5.37. The first-order chi connectivity index (χ1) is 5.43. The summed E-state index contributed by atoms with van der Waals surface area (Å²) in [6.07, 6.45) is 6.79. The first-order valence-electron chi connectivity index (χ1n) is 3.86. The van der Waals surface area contributed by atoms with Crippen molar-refractivity contribution < 1.29 is 0 Å². The van der Waals surface area contributed by atoms with Crippen molar-refractivity contribution in [3.8, 4) is 0 Å². The third-order valence-corrected chi connectivity index (χ3v) is 1.38. The molecule has 0 amide bonds. The molecule has 0 aromatic carbocycles. The fourth-order valence-corrected chi connectivity index (χ4v) is 0.759. The molecule has 1 radical (unpaired) electrons. The second-order valence-corrected chi connectivity index (χ2v) is 2.34. The summed E-state index contributed by atoms with van der Waals surface area (Å²) in [5, 5.41) is 10.4. The van der Waals surface area contributed by atoms with E-state index >= 15 is 0 Å². The minimum atomic E-state index is 0.924. The van der Waals surface area contributed by atoms with Crippen LogP contribution in [0, 0.1) is 6.20 Å². The molecule has 1 rings (SSSR count). The van der Waals surface area contributed by atoms with Gasteiger partial charge >= 0.3 is 0 Å². The van der Waals surface area contributed by atoms with E-state index in [2.05, 4.69) is 28.6 Å². The minimum Gasteiger partial charge on any atom is -0.383 e. The first-order valence-corrected chi connectivity index (χ1v) is 3.86. The monoisotopic (exact) mass is 150 g/mol. The van der Waals surface area contributed by atoms with Crippen molar-refractivity contribution in [2.45, 2.75) is 19.8 Å². The largest absolute Gasteiger partial charge is 0.383 e. The molecule has 0 saturated carbocycles. The molecule has 1 heterocycles. The molecule has 0 spiro atoms. The van der Waals surface area contributed by atoms with Gasteiger partial charge in [0, 0.05) is 6.54 Å². The molecule has 3 heteroatoms. The Morgan fingerprint density at radius 2 is 2.55 bits per heavy atom. The van der Waals surface area contributed by atoms with E-state index in [0.717, 1.165) is 12.2 Å². The zero-order chi connectivity index (χ0) is 7.94. The van der Waals surface area contributed by atoms with Crippen LogP contribution in [-0.4, -0.2) is 16.7 Å². The van der Waals surface area contributed by atoms with Crippen LogP contribution < -0.4 is 5.32 Å². The van der Waals surface area contributed by atoms with Gasteiger partial charge in [0.1, 0.15) is 6.20 Å². The Balaban J connectivity index is 2.28. The van der Waals surface area contributed by atoms with Gasteiger partial charge in [-0.1, -0.05) is 13.3 Å². The van der Waals surface area contributed by atoms with Gasteiger partial charge in [-0.3, -0.25) is 0 Å². The molecule has 1 aromatic heterocycles. The number of nitrogens with one attached hydrogen (secondary N) is 1. The van der Waals surface area contributed by atoms with Crippen LogP contribution in [0.5, 0.6) is 0 Å². The van der Waals surface area contributed by atoms with Gasteiger partial charge in [-0.25, -0.2) is 0 Å². The maximum Gasteiger partial charge on any atom is 0.138 e. The number of nitrogens with zero attached hydrogens (tertiary/aromatic N) is 2. The van der Waals surface area contributed by atoms with Gasteiger partial charge in [-0.2, -0.15) is 5.10 Å². The molecular weight excluding hydrogens is 138 g/mol. The van der Waals surface area contributed by atoms with Crippen molar-refractivity contribution in [2.75, 3.05) is 11.9 Å². The van der Waals surface area contributed by atoms with Gasteiger partial charge in [0.15, 0.2) is 0 Å². The topological polar surface area (TPSA) is 37.8 Å². The summed E-state index contributed by atoms with van der Waals surface area (Å²) in [4.78, 5) is 0. The lowest BCUT2D eigenvalue weighted by Gasteiger charge is -2.01. The summed E-state index contributed by atoms with van der Waals surface area (Å²) < 4.78 is 0. The van der Waals surface area contributed by atoms with Crippen molar-refractivity contribution in [1.29, 1.82) is 0 Å². The predicted molar refractivity (Wildman–Crippen MR) is 44.3 cm³/mol. The highest BCUT2D eigenvalue weighted by atomic mass is 15.1. The van der Waals surface area contributed by atoms with Crippen LogP contribution in [0.4, 0.5) is 5.69 Å². The number of hydrogen-bond donors (Lipinski definition) is 1. The van der Waals surface area contributed by atoms with E-state index in [0.29, 0.717) is 0 Å². The molecular formula is C8H12N3. The summed E-state index contributed by atoms with van der Waals surface area (Å²) in [5.41, 5.74) is 0.924. The van der Waals surface area contributed by atoms with Crippen molar-refractivity contribution in [3.05, 3.63) is 18.5 Å². The number of hydrogen-bond acceptors (Lipinski definition) is 3. The lowest BCUT2D eigenvalue weighted by Crippen LogP contribution is -2.01. The van der Waals surface area contributed by atoms with Crippen LogP contribution in [-0.2, 0) is 0 Å². The fraction of sp³-hybridized carbons (Fsp3) is 0.500. The van der Waals surface area contributed by atoms with Gasteiger partial charge in [0.05, 0.1) is 11.9 Å².